The zero-order chi connectivity index (χ0) is 27.6. The molecule has 8 nitrogen and oxygen atoms in total. The minimum atomic E-state index is -3.61. The highest BCUT2D eigenvalue weighted by molar-refractivity contribution is 7.92. The van der Waals surface area contributed by atoms with Crippen LogP contribution in [-0.2, 0) is 26.2 Å². The van der Waals surface area contributed by atoms with E-state index in [4.69, 9.17) is 4.74 Å². The van der Waals surface area contributed by atoms with Crippen LogP contribution in [0.25, 0.3) is 0 Å². The van der Waals surface area contributed by atoms with Crippen LogP contribution in [0.3, 0.4) is 0 Å². The van der Waals surface area contributed by atoms with Crippen molar-refractivity contribution >= 4 is 27.5 Å². The topological polar surface area (TPSA) is 96.0 Å². The van der Waals surface area contributed by atoms with Gasteiger partial charge in [0.2, 0.25) is 21.8 Å². The van der Waals surface area contributed by atoms with E-state index in [-0.39, 0.29) is 31.2 Å². The number of anilines is 1. The summed E-state index contributed by atoms with van der Waals surface area (Å²) in [6.07, 6.45) is 1.52. The first-order chi connectivity index (χ1) is 17.4. The second kappa shape index (κ2) is 14.0. The summed E-state index contributed by atoms with van der Waals surface area (Å²) in [6, 6.07) is 14.1. The van der Waals surface area contributed by atoms with Crippen molar-refractivity contribution in [3.8, 4) is 5.75 Å². The first-order valence-electron chi connectivity index (χ1n) is 12.8. The van der Waals surface area contributed by atoms with Gasteiger partial charge in [-0.3, -0.25) is 13.9 Å². The minimum Gasteiger partial charge on any atom is -0.492 e. The number of carbonyl (C=O) groups is 2. The number of carbonyl (C=O) groups excluding carboxylic acids is 2. The van der Waals surface area contributed by atoms with Gasteiger partial charge in [0, 0.05) is 26.1 Å². The van der Waals surface area contributed by atoms with Crippen molar-refractivity contribution in [2.75, 3.05) is 30.3 Å². The molecule has 0 aliphatic heterocycles. The number of benzene rings is 2. The molecular formula is C28H41N3O5S. The lowest BCUT2D eigenvalue weighted by atomic mass is 10.1. The molecule has 2 aromatic rings. The molecule has 37 heavy (non-hydrogen) atoms. The van der Waals surface area contributed by atoms with Crippen LogP contribution in [0, 0.1) is 12.8 Å². The molecule has 2 aromatic carbocycles. The Hall–Kier alpha value is -3.07. The number of aryl methyl sites for hydroxylation is 1. The average molecular weight is 532 g/mol. The summed E-state index contributed by atoms with van der Waals surface area (Å²) >= 11 is 0. The van der Waals surface area contributed by atoms with E-state index < -0.39 is 16.1 Å². The lowest BCUT2D eigenvalue weighted by Crippen LogP contribution is -2.48. The Balaban J connectivity index is 2.19. The highest BCUT2D eigenvalue weighted by Gasteiger charge is 2.27. The van der Waals surface area contributed by atoms with Gasteiger partial charge in [-0.15, -0.1) is 0 Å². The summed E-state index contributed by atoms with van der Waals surface area (Å²) in [6.45, 7) is 10.9. The third kappa shape index (κ3) is 9.39. The van der Waals surface area contributed by atoms with Crippen LogP contribution < -0.4 is 14.4 Å². The minimum absolute atomic E-state index is 0.0937. The maximum Gasteiger partial charge on any atom is 0.242 e. The number of nitrogens with zero attached hydrogens (tertiary/aromatic N) is 2. The van der Waals surface area contributed by atoms with E-state index in [0.717, 1.165) is 17.4 Å². The van der Waals surface area contributed by atoms with E-state index in [1.54, 1.807) is 36.1 Å². The van der Waals surface area contributed by atoms with Gasteiger partial charge < -0.3 is 15.0 Å². The summed E-state index contributed by atoms with van der Waals surface area (Å²) in [5, 5.41) is 2.91. The van der Waals surface area contributed by atoms with Crippen LogP contribution in [0.4, 0.5) is 5.69 Å². The zero-order valence-electron chi connectivity index (χ0n) is 22.9. The highest BCUT2D eigenvalue weighted by Crippen LogP contribution is 2.30. The standard InChI is InChI=1S/C28H41N3O5S/c1-7-36-26-12-9-8-11-25(26)31(37(6,34)35)18-10-13-27(32)30(20-24-16-14-22(4)15-17-24)23(5)28(33)29-19-21(2)3/h8-9,11-12,14-17,21,23H,7,10,13,18-20H2,1-6H3,(H,29,33)/t23-/m1/s1. The van der Waals surface area contributed by atoms with Crippen molar-refractivity contribution < 1.29 is 22.7 Å². The fourth-order valence-corrected chi connectivity index (χ4v) is 4.82. The van der Waals surface area contributed by atoms with Crippen LogP contribution in [0.5, 0.6) is 5.75 Å². The summed E-state index contributed by atoms with van der Waals surface area (Å²) in [5.74, 6) is 0.342. The van der Waals surface area contributed by atoms with Gasteiger partial charge in [0.15, 0.2) is 0 Å². The fraction of sp³-hybridized carbons (Fsp3) is 0.500. The molecule has 0 aromatic heterocycles. The normalized spacial score (nSPS) is 12.2. The Bertz CT molecular complexity index is 1130. The number of hydrogen-bond acceptors (Lipinski definition) is 5. The van der Waals surface area contributed by atoms with E-state index in [1.807, 2.05) is 52.0 Å². The Labute approximate surface area is 222 Å². The monoisotopic (exact) mass is 531 g/mol. The van der Waals surface area contributed by atoms with Gasteiger partial charge in [-0.1, -0.05) is 55.8 Å². The van der Waals surface area contributed by atoms with Crippen LogP contribution >= 0.6 is 0 Å². The van der Waals surface area contributed by atoms with Crippen LogP contribution in [0.1, 0.15) is 51.7 Å². The van der Waals surface area contributed by atoms with Crippen LogP contribution in [-0.4, -0.2) is 57.1 Å². The average Bonchev–Trinajstić information content (AvgIpc) is 2.84. The molecule has 0 heterocycles. The molecule has 0 fully saturated rings. The molecule has 0 aliphatic carbocycles. The molecule has 0 bridgehead atoms. The largest absolute Gasteiger partial charge is 0.492 e. The molecule has 2 amide bonds. The number of sulfonamides is 1. The van der Waals surface area contributed by atoms with Crippen molar-refractivity contribution in [1.29, 1.82) is 0 Å². The molecule has 0 aliphatic rings. The SMILES string of the molecule is CCOc1ccccc1N(CCCC(=O)N(Cc1ccc(C)cc1)[C@H](C)C(=O)NCC(C)C)S(C)(=O)=O. The third-order valence-corrected chi connectivity index (χ3v) is 7.09. The highest BCUT2D eigenvalue weighted by atomic mass is 32.2. The van der Waals surface area contributed by atoms with E-state index in [0.29, 0.717) is 37.1 Å². The van der Waals surface area contributed by atoms with E-state index in [9.17, 15) is 18.0 Å². The zero-order valence-corrected chi connectivity index (χ0v) is 23.7. The van der Waals surface area contributed by atoms with Crippen molar-refractivity contribution in [3.05, 3.63) is 59.7 Å². The van der Waals surface area contributed by atoms with Gasteiger partial charge in [-0.05, 0) is 50.8 Å². The van der Waals surface area contributed by atoms with Gasteiger partial charge in [-0.25, -0.2) is 8.42 Å². The summed E-state index contributed by atoms with van der Waals surface area (Å²) in [5.41, 5.74) is 2.47. The van der Waals surface area contributed by atoms with Crippen molar-refractivity contribution in [2.24, 2.45) is 5.92 Å². The van der Waals surface area contributed by atoms with Crippen LogP contribution in [0.15, 0.2) is 48.5 Å². The molecule has 204 valence electrons. The molecular weight excluding hydrogens is 490 g/mol. The summed E-state index contributed by atoms with van der Waals surface area (Å²) in [4.78, 5) is 27.8. The first-order valence-corrected chi connectivity index (χ1v) is 14.6. The maximum absolute atomic E-state index is 13.4. The molecule has 0 radical (unpaired) electrons. The van der Waals surface area contributed by atoms with Crippen LogP contribution in [0.2, 0.25) is 0 Å². The number of amides is 2. The van der Waals surface area contributed by atoms with Gasteiger partial charge in [-0.2, -0.15) is 0 Å². The Morgan fingerprint density at radius 2 is 1.68 bits per heavy atom. The first kappa shape index (κ1) is 30.2. The van der Waals surface area contributed by atoms with Gasteiger partial charge in [0.1, 0.15) is 11.8 Å². The van der Waals surface area contributed by atoms with Crippen molar-refractivity contribution in [2.45, 2.75) is 60.0 Å². The maximum atomic E-state index is 13.4. The quantitative estimate of drug-likeness (QED) is 0.396. The molecule has 0 spiro atoms. The van der Waals surface area contributed by atoms with E-state index >= 15 is 0 Å². The van der Waals surface area contributed by atoms with E-state index in [2.05, 4.69) is 5.32 Å². The predicted molar refractivity (Wildman–Crippen MR) is 148 cm³/mol. The third-order valence-electron chi connectivity index (χ3n) is 5.91. The lowest BCUT2D eigenvalue weighted by Gasteiger charge is -2.30. The molecule has 9 heteroatoms. The number of nitrogens with one attached hydrogen (secondary N) is 1. The smallest absolute Gasteiger partial charge is 0.242 e. The summed E-state index contributed by atoms with van der Waals surface area (Å²) in [7, 11) is -3.61. The number of hydrogen-bond donors (Lipinski definition) is 1. The Morgan fingerprint density at radius 3 is 2.27 bits per heavy atom. The molecule has 0 unspecified atom stereocenters. The molecule has 2 rings (SSSR count). The number of rotatable bonds is 14. The molecule has 0 saturated carbocycles. The second-order valence-corrected chi connectivity index (χ2v) is 11.6. The number of para-hydroxylation sites is 2. The van der Waals surface area contributed by atoms with Gasteiger partial charge in [0.05, 0.1) is 18.6 Å². The molecule has 0 saturated heterocycles. The fourth-order valence-electron chi connectivity index (χ4n) is 3.85. The summed E-state index contributed by atoms with van der Waals surface area (Å²) < 4.78 is 32.1. The molecule has 1 N–H and O–H groups in total. The van der Waals surface area contributed by atoms with Crippen molar-refractivity contribution in [1.82, 2.24) is 10.2 Å². The Morgan fingerprint density at radius 1 is 1.03 bits per heavy atom. The Kier molecular flexibility index (Phi) is 11.4. The van der Waals surface area contributed by atoms with Crippen molar-refractivity contribution in [3.63, 3.8) is 0 Å². The van der Waals surface area contributed by atoms with Gasteiger partial charge >= 0.3 is 0 Å². The number of ether oxygens (including phenoxy) is 1. The molecule has 1 atom stereocenters. The predicted octanol–water partition coefficient (Wildman–Crippen LogP) is 4.13. The lowest BCUT2D eigenvalue weighted by molar-refractivity contribution is -0.140. The van der Waals surface area contributed by atoms with E-state index in [1.165, 1.54) is 4.31 Å². The second-order valence-electron chi connectivity index (χ2n) is 9.66. The van der Waals surface area contributed by atoms with Gasteiger partial charge in [0.25, 0.3) is 0 Å².